The standard InChI is InChI=1S/C44H68O19/c1-19-37(62-40-36(53)34(51)32(49)27(61-40)18-56-39-35(52)33(50)31(48)26(16-45)60-39)25(54-5)15-30(57-19)59-24-8-10-41(3)23(38(24)58-20(2)46)6-12-43-28(41)9-11-42(4)22(7-13-44(42,43)63-43)21-14-29(47)55-17-21/h19,21-28,30-40,45,48-53H,6-18H2,1-5H3/t19-,21?,22-,23+,24+,25-,26-,27-,28-,30-,31-,32-,33+,34+,35-,36-,37-,38-,39-,40+,41+,42-,43+,44-/m1/s1. The van der Waals surface area contributed by atoms with Crippen molar-refractivity contribution in [1.82, 2.24) is 0 Å². The topological polar surface area (TPSA) is 271 Å². The second-order valence-electron chi connectivity index (χ2n) is 20.5. The predicted molar refractivity (Wildman–Crippen MR) is 211 cm³/mol. The molecular weight excluding hydrogens is 832 g/mol. The SMILES string of the molecule is CO[C@@H]1C[C@@H](O[C@H]2CC[C@]3(C)[C@H]4CC[C@]5(C)[C@@H](C6COC(=O)C6)CC[C@@]56O[C@@]46CC[C@H]3[C@H]2OC(C)=O)O[C@H](C)[C@H]1O[C@@H]1O[C@H](CO[C@@H]2O[C@H](CO)[C@@H](O)[C@H](O)[C@H]2O)[C@@H](O)[C@H](O)[C@H]1O. The Morgan fingerprint density at radius 3 is 2.16 bits per heavy atom. The molecule has 5 saturated heterocycles. The summed E-state index contributed by atoms with van der Waals surface area (Å²) in [5, 5.41) is 72.7. The van der Waals surface area contributed by atoms with E-state index in [9.17, 15) is 45.3 Å². The van der Waals surface area contributed by atoms with Crippen molar-refractivity contribution in [2.24, 2.45) is 34.5 Å². The molecule has 1 unspecified atom stereocenters. The molecule has 19 heteroatoms. The number of ether oxygens (including phenoxy) is 10. The van der Waals surface area contributed by atoms with Crippen LogP contribution in [0.2, 0.25) is 0 Å². The van der Waals surface area contributed by atoms with Crippen LogP contribution in [0, 0.1) is 34.5 Å². The quantitative estimate of drug-likeness (QED) is 0.0788. The van der Waals surface area contributed by atoms with Crippen molar-refractivity contribution in [3.63, 3.8) is 0 Å². The third-order valence-electron chi connectivity index (χ3n) is 17.5. The average Bonchev–Trinajstić information content (AvgIpc) is 3.56. The molecule has 0 aromatic carbocycles. The van der Waals surface area contributed by atoms with Gasteiger partial charge in [-0.3, -0.25) is 9.59 Å². The molecular formula is C44H68O19. The summed E-state index contributed by atoms with van der Waals surface area (Å²) in [7, 11) is 1.51. The number of carbonyl (C=O) groups is 2. The van der Waals surface area contributed by atoms with E-state index in [0.29, 0.717) is 25.4 Å². The van der Waals surface area contributed by atoms with E-state index in [4.69, 9.17) is 47.4 Å². The Balaban J connectivity index is 0.842. The van der Waals surface area contributed by atoms with Gasteiger partial charge in [0.05, 0.1) is 44.6 Å². The van der Waals surface area contributed by atoms with Gasteiger partial charge in [0.1, 0.15) is 72.2 Å². The summed E-state index contributed by atoms with van der Waals surface area (Å²) in [6, 6.07) is 0. The van der Waals surface area contributed by atoms with Crippen LogP contribution >= 0.6 is 0 Å². The molecule has 0 aromatic heterocycles. The third kappa shape index (κ3) is 7.42. The summed E-state index contributed by atoms with van der Waals surface area (Å²) in [4.78, 5) is 24.9. The number of hydrogen-bond donors (Lipinski definition) is 7. The maximum atomic E-state index is 12.8. The second kappa shape index (κ2) is 17.1. The van der Waals surface area contributed by atoms with E-state index in [1.807, 2.05) is 0 Å². The first-order valence-electron chi connectivity index (χ1n) is 23.1. The Morgan fingerprint density at radius 2 is 1.48 bits per heavy atom. The first-order valence-corrected chi connectivity index (χ1v) is 23.1. The number of aliphatic hydroxyl groups excluding tert-OH is 7. The molecule has 19 nitrogen and oxygen atoms in total. The molecule has 0 amide bonds. The minimum atomic E-state index is -1.74. The van der Waals surface area contributed by atoms with E-state index in [1.54, 1.807) is 6.92 Å². The van der Waals surface area contributed by atoms with Crippen LogP contribution < -0.4 is 0 Å². The fourth-order valence-electron chi connectivity index (χ4n) is 14.3. The fraction of sp³-hybridized carbons (Fsp3) is 0.955. The zero-order valence-corrected chi connectivity index (χ0v) is 36.8. The maximum absolute atomic E-state index is 12.8. The molecule has 2 spiro atoms. The van der Waals surface area contributed by atoms with Crippen molar-refractivity contribution >= 4 is 11.9 Å². The molecule has 9 aliphatic rings. The van der Waals surface area contributed by atoms with Crippen LogP contribution in [0.1, 0.15) is 91.9 Å². The number of carbonyl (C=O) groups excluding carboxylic acids is 2. The van der Waals surface area contributed by atoms with Gasteiger partial charge in [-0.25, -0.2) is 0 Å². The van der Waals surface area contributed by atoms with Crippen LogP contribution in [0.5, 0.6) is 0 Å². The van der Waals surface area contributed by atoms with Gasteiger partial charge in [-0.05, 0) is 75.5 Å². The lowest BCUT2D eigenvalue weighted by atomic mass is 9.44. The second-order valence-corrected chi connectivity index (χ2v) is 20.5. The van der Waals surface area contributed by atoms with E-state index >= 15 is 0 Å². The minimum Gasteiger partial charge on any atom is -0.465 e. The van der Waals surface area contributed by atoms with Gasteiger partial charge in [0.25, 0.3) is 0 Å². The highest BCUT2D eigenvalue weighted by molar-refractivity contribution is 5.71. The van der Waals surface area contributed by atoms with E-state index in [2.05, 4.69) is 13.8 Å². The van der Waals surface area contributed by atoms with Crippen LogP contribution in [0.15, 0.2) is 0 Å². The van der Waals surface area contributed by atoms with Crippen LogP contribution in [-0.4, -0.2) is 184 Å². The number of rotatable bonds is 11. The van der Waals surface area contributed by atoms with Gasteiger partial charge in [0, 0.05) is 37.7 Å². The van der Waals surface area contributed by atoms with Crippen molar-refractivity contribution < 1.29 is 92.7 Å². The summed E-state index contributed by atoms with van der Waals surface area (Å²) in [6.45, 7) is 7.26. The van der Waals surface area contributed by atoms with Gasteiger partial charge in [-0.2, -0.15) is 0 Å². The smallest absolute Gasteiger partial charge is 0.306 e. The monoisotopic (exact) mass is 900 g/mol. The van der Waals surface area contributed by atoms with Crippen molar-refractivity contribution in [2.75, 3.05) is 26.9 Å². The van der Waals surface area contributed by atoms with Gasteiger partial charge in [0.15, 0.2) is 18.9 Å². The van der Waals surface area contributed by atoms with Gasteiger partial charge in [-0.15, -0.1) is 0 Å². The fourth-order valence-corrected chi connectivity index (χ4v) is 14.3. The molecule has 4 aliphatic carbocycles. The summed E-state index contributed by atoms with van der Waals surface area (Å²) in [5.74, 6) is 0.458. The molecule has 7 N–H and O–H groups in total. The van der Waals surface area contributed by atoms with Gasteiger partial charge >= 0.3 is 11.9 Å². The number of aliphatic hydroxyl groups is 7. The Morgan fingerprint density at radius 1 is 0.778 bits per heavy atom. The van der Waals surface area contributed by atoms with Crippen molar-refractivity contribution in [3.8, 4) is 0 Å². The van der Waals surface area contributed by atoms with Gasteiger partial charge in [-0.1, -0.05) is 13.8 Å². The first-order chi connectivity index (χ1) is 29.9. The Hall–Kier alpha value is -1.66. The van der Waals surface area contributed by atoms with Crippen LogP contribution in [0.25, 0.3) is 0 Å². The lowest BCUT2D eigenvalue weighted by molar-refractivity contribution is -0.356. The van der Waals surface area contributed by atoms with Crippen molar-refractivity contribution in [2.45, 2.75) is 201 Å². The van der Waals surface area contributed by atoms with Crippen molar-refractivity contribution in [1.29, 1.82) is 0 Å². The minimum absolute atomic E-state index is 0.0227. The van der Waals surface area contributed by atoms with Crippen LogP contribution in [0.4, 0.5) is 0 Å². The molecule has 9 rings (SSSR count). The number of hydrogen-bond acceptors (Lipinski definition) is 19. The third-order valence-corrected chi connectivity index (χ3v) is 17.5. The zero-order valence-electron chi connectivity index (χ0n) is 36.8. The van der Waals surface area contributed by atoms with E-state index in [1.165, 1.54) is 14.0 Å². The number of esters is 2. The first kappa shape index (κ1) is 46.5. The summed E-state index contributed by atoms with van der Waals surface area (Å²) >= 11 is 0. The molecule has 4 saturated carbocycles. The Kier molecular flexibility index (Phi) is 12.6. The average molecular weight is 901 g/mol. The van der Waals surface area contributed by atoms with Gasteiger partial charge < -0.3 is 83.1 Å². The molecule has 0 radical (unpaired) electrons. The van der Waals surface area contributed by atoms with Crippen LogP contribution in [0.3, 0.4) is 0 Å². The van der Waals surface area contributed by atoms with E-state index in [0.717, 1.165) is 44.9 Å². The largest absolute Gasteiger partial charge is 0.465 e. The van der Waals surface area contributed by atoms with Crippen LogP contribution in [-0.2, 0) is 57.0 Å². The molecule has 24 atom stereocenters. The Bertz CT molecular complexity index is 1690. The van der Waals surface area contributed by atoms with E-state index < -0.39 is 111 Å². The highest BCUT2D eigenvalue weighted by Crippen LogP contribution is 2.81. The summed E-state index contributed by atoms with van der Waals surface area (Å²) in [6.07, 6.45) is -11.7. The molecule has 0 aromatic rings. The predicted octanol–water partition coefficient (Wildman–Crippen LogP) is -0.430. The highest BCUT2D eigenvalue weighted by atomic mass is 16.8. The molecule has 358 valence electrons. The summed E-state index contributed by atoms with van der Waals surface area (Å²) in [5.41, 5.74) is -0.636. The molecule has 63 heavy (non-hydrogen) atoms. The lowest BCUT2D eigenvalue weighted by Crippen LogP contribution is -2.63. The maximum Gasteiger partial charge on any atom is 0.306 e. The van der Waals surface area contributed by atoms with E-state index in [-0.39, 0.29) is 58.1 Å². The molecule has 5 aliphatic heterocycles. The number of methoxy groups -OCH3 is 1. The number of fused-ring (bicyclic) bond motifs is 2. The van der Waals surface area contributed by atoms with Gasteiger partial charge in [0.2, 0.25) is 0 Å². The highest BCUT2D eigenvalue weighted by Gasteiger charge is 2.86. The molecule has 5 heterocycles. The number of epoxide rings is 1. The zero-order chi connectivity index (χ0) is 45.0. The summed E-state index contributed by atoms with van der Waals surface area (Å²) < 4.78 is 60.9. The van der Waals surface area contributed by atoms with Crippen molar-refractivity contribution in [3.05, 3.63) is 0 Å². The molecule has 9 fully saturated rings. The molecule has 0 bridgehead atoms. The number of cyclic esters (lactones) is 1. The Labute approximate surface area is 366 Å². The lowest BCUT2D eigenvalue weighted by Gasteiger charge is -2.60. The normalized spacial score (nSPS) is 55.2.